The number of likely N-dealkylation sites (tertiary alicyclic amines) is 1. The molecule has 1 aromatic carbocycles. The number of hydrogen-bond donors (Lipinski definition) is 1. The lowest BCUT2D eigenvalue weighted by atomic mass is 9.79. The molecule has 3 heterocycles. The molecule has 0 bridgehead atoms. The van der Waals surface area contributed by atoms with E-state index in [0.29, 0.717) is 0 Å². The van der Waals surface area contributed by atoms with E-state index >= 15 is 0 Å². The molecular formula is C20H28N4OS. The zero-order valence-corrected chi connectivity index (χ0v) is 16.2. The molecule has 0 saturated carbocycles. The standard InChI is InChI=1S/C20H28N4OS/c1-22-9-11-24(12-10-22)19-15-23(14-17-13-21-26-16-17)8-7-20(19,25)18-5-3-2-4-6-18/h2-6,13,16,19,25H,7-12,14-15H2,1H3/t19-,20+/m1/s1. The first kappa shape index (κ1) is 18.1. The van der Waals surface area contributed by atoms with Gasteiger partial charge in [-0.15, -0.1) is 0 Å². The van der Waals surface area contributed by atoms with Gasteiger partial charge in [0, 0.05) is 57.4 Å². The van der Waals surface area contributed by atoms with Gasteiger partial charge in [-0.1, -0.05) is 30.3 Å². The highest BCUT2D eigenvalue weighted by Gasteiger charge is 2.46. The van der Waals surface area contributed by atoms with Crippen LogP contribution >= 0.6 is 11.5 Å². The van der Waals surface area contributed by atoms with Gasteiger partial charge in [0.15, 0.2) is 0 Å². The zero-order valence-electron chi connectivity index (χ0n) is 15.4. The molecule has 2 aliphatic rings. The second-order valence-electron chi connectivity index (χ2n) is 7.66. The Morgan fingerprint density at radius 3 is 2.62 bits per heavy atom. The van der Waals surface area contributed by atoms with Crippen molar-refractivity contribution in [3.05, 3.63) is 53.0 Å². The minimum atomic E-state index is -0.777. The van der Waals surface area contributed by atoms with Gasteiger partial charge >= 0.3 is 0 Å². The predicted molar refractivity (Wildman–Crippen MR) is 105 cm³/mol. The van der Waals surface area contributed by atoms with Crippen molar-refractivity contribution in [2.24, 2.45) is 0 Å². The Bertz CT molecular complexity index is 687. The predicted octanol–water partition coefficient (Wildman–Crippen LogP) is 1.85. The zero-order chi connectivity index (χ0) is 18.0. The Kier molecular flexibility index (Phi) is 5.38. The van der Waals surface area contributed by atoms with Crippen LogP contribution in [0.15, 0.2) is 41.9 Å². The van der Waals surface area contributed by atoms with Gasteiger partial charge < -0.3 is 10.0 Å². The summed E-state index contributed by atoms with van der Waals surface area (Å²) in [5.41, 5.74) is 1.55. The number of benzene rings is 1. The summed E-state index contributed by atoms with van der Waals surface area (Å²) in [5, 5.41) is 13.9. The van der Waals surface area contributed by atoms with Gasteiger partial charge in [-0.2, -0.15) is 0 Å². The first-order valence-corrected chi connectivity index (χ1v) is 10.3. The van der Waals surface area contributed by atoms with E-state index in [9.17, 15) is 5.11 Å². The van der Waals surface area contributed by atoms with E-state index in [1.807, 2.05) is 24.4 Å². The number of aromatic nitrogens is 1. The molecule has 0 aliphatic carbocycles. The van der Waals surface area contributed by atoms with Crippen molar-refractivity contribution >= 4 is 11.5 Å². The van der Waals surface area contributed by atoms with Gasteiger partial charge in [-0.3, -0.25) is 9.80 Å². The summed E-state index contributed by atoms with van der Waals surface area (Å²) in [6, 6.07) is 10.4. The molecule has 26 heavy (non-hydrogen) atoms. The number of hydrogen-bond acceptors (Lipinski definition) is 6. The summed E-state index contributed by atoms with van der Waals surface area (Å²) in [6.07, 6.45) is 2.74. The molecule has 0 spiro atoms. The fourth-order valence-corrected chi connectivity index (χ4v) is 4.83. The Hall–Kier alpha value is -1.31. The van der Waals surface area contributed by atoms with E-state index in [0.717, 1.165) is 57.8 Å². The average Bonchev–Trinajstić information content (AvgIpc) is 3.18. The van der Waals surface area contributed by atoms with Crippen LogP contribution in [0.4, 0.5) is 0 Å². The Morgan fingerprint density at radius 2 is 1.92 bits per heavy atom. The number of aliphatic hydroxyl groups is 1. The van der Waals surface area contributed by atoms with E-state index in [1.54, 1.807) is 0 Å². The maximum atomic E-state index is 11.8. The minimum Gasteiger partial charge on any atom is -0.383 e. The molecule has 4 rings (SSSR count). The van der Waals surface area contributed by atoms with Gasteiger partial charge in [0.25, 0.3) is 0 Å². The van der Waals surface area contributed by atoms with E-state index < -0.39 is 5.60 Å². The first-order chi connectivity index (χ1) is 12.6. The highest BCUT2D eigenvalue weighted by molar-refractivity contribution is 7.03. The molecule has 1 aromatic heterocycles. The van der Waals surface area contributed by atoms with Crippen molar-refractivity contribution in [1.82, 2.24) is 19.1 Å². The molecule has 6 heteroatoms. The third kappa shape index (κ3) is 3.70. The van der Waals surface area contributed by atoms with Crippen molar-refractivity contribution in [3.8, 4) is 0 Å². The monoisotopic (exact) mass is 372 g/mol. The fourth-order valence-electron chi connectivity index (χ4n) is 4.30. The van der Waals surface area contributed by atoms with Crippen LogP contribution in [0.1, 0.15) is 17.5 Å². The van der Waals surface area contributed by atoms with E-state index in [2.05, 4.69) is 43.6 Å². The average molecular weight is 373 g/mol. The maximum Gasteiger partial charge on any atom is 0.108 e. The quantitative estimate of drug-likeness (QED) is 0.887. The highest BCUT2D eigenvalue weighted by Crippen LogP contribution is 2.36. The van der Waals surface area contributed by atoms with Crippen LogP contribution < -0.4 is 0 Å². The summed E-state index contributed by atoms with van der Waals surface area (Å²) >= 11 is 1.51. The van der Waals surface area contributed by atoms with E-state index in [1.165, 1.54) is 17.1 Å². The third-order valence-electron chi connectivity index (χ3n) is 5.93. The van der Waals surface area contributed by atoms with Crippen LogP contribution in [0.3, 0.4) is 0 Å². The van der Waals surface area contributed by atoms with E-state index in [-0.39, 0.29) is 6.04 Å². The number of rotatable bonds is 4. The molecule has 5 nitrogen and oxygen atoms in total. The van der Waals surface area contributed by atoms with Crippen LogP contribution in [-0.2, 0) is 12.1 Å². The van der Waals surface area contributed by atoms with E-state index in [4.69, 9.17) is 0 Å². The lowest BCUT2D eigenvalue weighted by molar-refractivity contribution is -0.108. The molecule has 0 unspecified atom stereocenters. The van der Waals surface area contributed by atoms with Crippen molar-refractivity contribution in [3.63, 3.8) is 0 Å². The molecule has 1 N–H and O–H groups in total. The SMILES string of the molecule is CN1CCN([C@@H]2CN(Cc3cnsc3)CC[C@]2(O)c2ccccc2)CC1. The van der Waals surface area contributed by atoms with Crippen LogP contribution in [0.5, 0.6) is 0 Å². The Morgan fingerprint density at radius 1 is 1.15 bits per heavy atom. The lowest BCUT2D eigenvalue weighted by Gasteiger charge is -2.51. The topological polar surface area (TPSA) is 42.8 Å². The molecule has 2 saturated heterocycles. The van der Waals surface area contributed by atoms with Crippen molar-refractivity contribution in [1.29, 1.82) is 0 Å². The molecule has 2 atom stereocenters. The minimum absolute atomic E-state index is 0.124. The van der Waals surface area contributed by atoms with Crippen LogP contribution in [0, 0.1) is 0 Å². The highest BCUT2D eigenvalue weighted by atomic mass is 32.1. The second-order valence-corrected chi connectivity index (χ2v) is 8.32. The maximum absolute atomic E-state index is 11.8. The number of piperazine rings is 1. The van der Waals surface area contributed by atoms with Gasteiger partial charge in [-0.25, -0.2) is 4.37 Å². The Labute approximate surface area is 160 Å². The molecule has 140 valence electrons. The van der Waals surface area contributed by atoms with Crippen molar-refractivity contribution in [2.75, 3.05) is 46.3 Å². The first-order valence-electron chi connectivity index (χ1n) is 9.46. The van der Waals surface area contributed by atoms with Crippen molar-refractivity contribution in [2.45, 2.75) is 24.6 Å². The van der Waals surface area contributed by atoms with Gasteiger partial charge in [0.1, 0.15) is 5.60 Å². The fraction of sp³-hybridized carbons (Fsp3) is 0.550. The van der Waals surface area contributed by atoms with Crippen LogP contribution in [0.25, 0.3) is 0 Å². The van der Waals surface area contributed by atoms with Gasteiger partial charge in [-0.05, 0) is 36.1 Å². The van der Waals surface area contributed by atoms with Crippen LogP contribution in [0.2, 0.25) is 0 Å². The molecular weight excluding hydrogens is 344 g/mol. The molecule has 2 fully saturated rings. The smallest absolute Gasteiger partial charge is 0.108 e. The summed E-state index contributed by atoms with van der Waals surface area (Å²) in [5.74, 6) is 0. The normalized spacial score (nSPS) is 29.1. The second kappa shape index (κ2) is 7.74. The summed E-state index contributed by atoms with van der Waals surface area (Å²) in [4.78, 5) is 7.35. The molecule has 0 amide bonds. The Balaban J connectivity index is 1.57. The molecule has 2 aliphatic heterocycles. The summed E-state index contributed by atoms with van der Waals surface area (Å²) < 4.78 is 4.23. The number of likely N-dealkylation sites (N-methyl/N-ethyl adjacent to an activating group) is 1. The summed E-state index contributed by atoms with van der Waals surface area (Å²) in [7, 11) is 2.18. The van der Waals surface area contributed by atoms with Crippen molar-refractivity contribution < 1.29 is 5.11 Å². The largest absolute Gasteiger partial charge is 0.383 e. The lowest BCUT2D eigenvalue weighted by Crippen LogP contribution is -2.63. The number of piperidine rings is 1. The number of nitrogens with zero attached hydrogens (tertiary/aromatic N) is 4. The third-order valence-corrected chi connectivity index (χ3v) is 6.57. The van der Waals surface area contributed by atoms with Gasteiger partial charge in [0.2, 0.25) is 0 Å². The van der Waals surface area contributed by atoms with Gasteiger partial charge in [0.05, 0.1) is 6.04 Å². The molecule has 0 radical (unpaired) electrons. The summed E-state index contributed by atoms with van der Waals surface area (Å²) in [6.45, 7) is 6.89. The molecule has 2 aromatic rings. The van der Waals surface area contributed by atoms with Crippen LogP contribution in [-0.4, -0.2) is 76.5 Å².